The predicted molar refractivity (Wildman–Crippen MR) is 95.6 cm³/mol. The highest BCUT2D eigenvalue weighted by atomic mass is 16.5. The summed E-state index contributed by atoms with van der Waals surface area (Å²) in [5.41, 5.74) is 2.29. The largest absolute Gasteiger partial charge is 0.375 e. The van der Waals surface area contributed by atoms with E-state index in [1.165, 1.54) is 5.56 Å². The zero-order valence-electron chi connectivity index (χ0n) is 14.6. The molecule has 3 heterocycles. The maximum atomic E-state index is 5.95. The first-order valence-corrected chi connectivity index (χ1v) is 8.39. The summed E-state index contributed by atoms with van der Waals surface area (Å²) < 4.78 is 5.95. The van der Waals surface area contributed by atoms with Crippen molar-refractivity contribution in [3.63, 3.8) is 0 Å². The molecular formula is C18H25N5O. The van der Waals surface area contributed by atoms with Crippen LogP contribution in [0.25, 0.3) is 0 Å². The lowest BCUT2D eigenvalue weighted by atomic mass is 10.1. The van der Waals surface area contributed by atoms with E-state index in [0.29, 0.717) is 0 Å². The Kier molecular flexibility index (Phi) is 5.25. The molecule has 1 saturated heterocycles. The fourth-order valence-corrected chi connectivity index (χ4v) is 2.90. The Labute approximate surface area is 143 Å². The van der Waals surface area contributed by atoms with Crippen LogP contribution in [0.1, 0.15) is 17.7 Å². The number of morpholine rings is 1. The van der Waals surface area contributed by atoms with Gasteiger partial charge in [0.15, 0.2) is 0 Å². The van der Waals surface area contributed by atoms with Crippen LogP contribution in [0, 0.1) is 6.92 Å². The second kappa shape index (κ2) is 7.57. The molecule has 1 atom stereocenters. The molecular weight excluding hydrogens is 302 g/mol. The topological polar surface area (TPSA) is 54.4 Å². The number of hydrogen-bond acceptors (Lipinski definition) is 6. The molecule has 0 saturated carbocycles. The van der Waals surface area contributed by atoms with E-state index in [-0.39, 0.29) is 6.10 Å². The van der Waals surface area contributed by atoms with E-state index in [9.17, 15) is 0 Å². The molecule has 3 rings (SSSR count). The van der Waals surface area contributed by atoms with Gasteiger partial charge in [-0.1, -0.05) is 0 Å². The Morgan fingerprint density at radius 3 is 2.92 bits per heavy atom. The quantitative estimate of drug-likeness (QED) is 0.838. The van der Waals surface area contributed by atoms with Crippen LogP contribution in [0.15, 0.2) is 30.7 Å². The number of aromatic nitrogens is 3. The Bertz CT molecular complexity index is 676. The fraction of sp³-hybridized carbons (Fsp3) is 0.500. The van der Waals surface area contributed by atoms with Gasteiger partial charge in [-0.2, -0.15) is 0 Å². The van der Waals surface area contributed by atoms with Crippen LogP contribution >= 0.6 is 0 Å². The Morgan fingerprint density at radius 2 is 2.12 bits per heavy atom. The summed E-state index contributed by atoms with van der Waals surface area (Å²) in [4.78, 5) is 17.3. The second-order valence-electron chi connectivity index (χ2n) is 6.41. The number of aryl methyl sites for hydroxylation is 2. The summed E-state index contributed by atoms with van der Waals surface area (Å²) in [7, 11) is 4.02. The molecule has 6 nitrogen and oxygen atoms in total. The molecule has 1 aliphatic heterocycles. The molecule has 0 aromatic carbocycles. The van der Waals surface area contributed by atoms with Crippen LogP contribution in [0.3, 0.4) is 0 Å². The Morgan fingerprint density at radius 1 is 1.25 bits per heavy atom. The van der Waals surface area contributed by atoms with Crippen molar-refractivity contribution in [2.45, 2.75) is 25.9 Å². The SMILES string of the molecule is Cc1cc(N2CCOC(CCc3ccnc(N(C)C)c3)C2)ncn1. The van der Waals surface area contributed by atoms with Crippen LogP contribution < -0.4 is 9.80 Å². The molecule has 2 aromatic rings. The monoisotopic (exact) mass is 327 g/mol. The van der Waals surface area contributed by atoms with Crippen molar-refractivity contribution >= 4 is 11.6 Å². The minimum absolute atomic E-state index is 0.227. The van der Waals surface area contributed by atoms with Gasteiger partial charge in [-0.25, -0.2) is 15.0 Å². The Hall–Kier alpha value is -2.21. The first-order valence-electron chi connectivity index (χ1n) is 8.39. The number of nitrogens with zero attached hydrogens (tertiary/aromatic N) is 5. The van der Waals surface area contributed by atoms with Gasteiger partial charge in [-0.3, -0.25) is 0 Å². The standard InChI is InChI=1S/C18H25N5O/c1-14-10-18(21-13-20-14)23-8-9-24-16(12-23)5-4-15-6-7-19-17(11-15)22(2)3/h6-7,10-11,13,16H,4-5,8-9,12H2,1-3H3. The molecule has 0 aliphatic carbocycles. The second-order valence-corrected chi connectivity index (χ2v) is 6.41. The van der Waals surface area contributed by atoms with Crippen LogP contribution in [-0.2, 0) is 11.2 Å². The van der Waals surface area contributed by atoms with E-state index in [1.54, 1.807) is 6.33 Å². The summed E-state index contributed by atoms with van der Waals surface area (Å²) in [6.07, 6.45) is 5.73. The first kappa shape index (κ1) is 16.6. The molecule has 1 aliphatic rings. The van der Waals surface area contributed by atoms with E-state index in [0.717, 1.165) is 49.9 Å². The van der Waals surface area contributed by atoms with Crippen LogP contribution in [0.2, 0.25) is 0 Å². The maximum absolute atomic E-state index is 5.95. The molecule has 0 spiro atoms. The molecule has 1 fully saturated rings. The van der Waals surface area contributed by atoms with Crippen LogP contribution in [-0.4, -0.2) is 54.8 Å². The number of pyridine rings is 1. The lowest BCUT2D eigenvalue weighted by Crippen LogP contribution is -2.43. The van der Waals surface area contributed by atoms with Crippen molar-refractivity contribution in [2.75, 3.05) is 43.6 Å². The highest BCUT2D eigenvalue weighted by molar-refractivity contribution is 5.40. The van der Waals surface area contributed by atoms with Gasteiger partial charge in [0.05, 0.1) is 12.7 Å². The van der Waals surface area contributed by atoms with E-state index in [1.807, 2.05) is 38.2 Å². The predicted octanol–water partition coefficient (Wildman–Crippen LogP) is 2.08. The normalized spacial score (nSPS) is 17.8. The smallest absolute Gasteiger partial charge is 0.132 e. The van der Waals surface area contributed by atoms with Crippen molar-refractivity contribution in [2.24, 2.45) is 0 Å². The third-order valence-electron chi connectivity index (χ3n) is 4.28. The van der Waals surface area contributed by atoms with Gasteiger partial charge in [-0.15, -0.1) is 0 Å². The fourth-order valence-electron chi connectivity index (χ4n) is 2.90. The summed E-state index contributed by atoms with van der Waals surface area (Å²) in [6.45, 7) is 4.50. The number of hydrogen-bond donors (Lipinski definition) is 0. The van der Waals surface area contributed by atoms with Gasteiger partial charge in [-0.05, 0) is 37.5 Å². The number of ether oxygens (including phenoxy) is 1. The number of rotatable bonds is 5. The van der Waals surface area contributed by atoms with E-state index in [2.05, 4.69) is 32.0 Å². The summed E-state index contributed by atoms with van der Waals surface area (Å²) in [5.74, 6) is 1.99. The third-order valence-corrected chi connectivity index (χ3v) is 4.28. The van der Waals surface area contributed by atoms with Gasteiger partial charge in [0.1, 0.15) is 18.0 Å². The van der Waals surface area contributed by atoms with Crippen molar-refractivity contribution in [3.05, 3.63) is 42.0 Å². The van der Waals surface area contributed by atoms with Gasteiger partial charge in [0.25, 0.3) is 0 Å². The van der Waals surface area contributed by atoms with Gasteiger partial charge >= 0.3 is 0 Å². The molecule has 0 N–H and O–H groups in total. The van der Waals surface area contributed by atoms with Crippen molar-refractivity contribution in [1.29, 1.82) is 0 Å². The van der Waals surface area contributed by atoms with Gasteiger partial charge in [0.2, 0.25) is 0 Å². The summed E-state index contributed by atoms with van der Waals surface area (Å²) >= 11 is 0. The molecule has 6 heteroatoms. The van der Waals surface area contributed by atoms with E-state index >= 15 is 0 Å². The van der Waals surface area contributed by atoms with E-state index < -0.39 is 0 Å². The molecule has 1 unspecified atom stereocenters. The van der Waals surface area contributed by atoms with E-state index in [4.69, 9.17) is 4.74 Å². The maximum Gasteiger partial charge on any atom is 0.132 e. The van der Waals surface area contributed by atoms with Crippen molar-refractivity contribution in [1.82, 2.24) is 15.0 Å². The van der Waals surface area contributed by atoms with Crippen LogP contribution in [0.5, 0.6) is 0 Å². The molecule has 2 aromatic heterocycles. The Balaban J connectivity index is 1.59. The first-order chi connectivity index (χ1) is 11.6. The number of anilines is 2. The highest BCUT2D eigenvalue weighted by Gasteiger charge is 2.21. The van der Waals surface area contributed by atoms with Gasteiger partial charge in [0, 0.05) is 45.1 Å². The molecule has 24 heavy (non-hydrogen) atoms. The molecule has 0 radical (unpaired) electrons. The average molecular weight is 327 g/mol. The molecule has 0 bridgehead atoms. The zero-order valence-corrected chi connectivity index (χ0v) is 14.6. The van der Waals surface area contributed by atoms with Crippen molar-refractivity contribution in [3.8, 4) is 0 Å². The molecule has 128 valence electrons. The minimum Gasteiger partial charge on any atom is -0.375 e. The van der Waals surface area contributed by atoms with Gasteiger partial charge < -0.3 is 14.5 Å². The minimum atomic E-state index is 0.227. The zero-order chi connectivity index (χ0) is 16.9. The molecule has 0 amide bonds. The van der Waals surface area contributed by atoms with Crippen molar-refractivity contribution < 1.29 is 4.74 Å². The average Bonchev–Trinajstić information content (AvgIpc) is 2.60. The lowest BCUT2D eigenvalue weighted by molar-refractivity contribution is 0.0352. The summed E-state index contributed by atoms with van der Waals surface area (Å²) in [5, 5.41) is 0. The highest BCUT2D eigenvalue weighted by Crippen LogP contribution is 2.19. The summed E-state index contributed by atoms with van der Waals surface area (Å²) in [6, 6.07) is 6.27. The van der Waals surface area contributed by atoms with Crippen LogP contribution in [0.4, 0.5) is 11.6 Å². The lowest BCUT2D eigenvalue weighted by Gasteiger charge is -2.33. The third kappa shape index (κ3) is 4.20.